The number of hydroxylamine groups is 2. The molecule has 2 bridgehead atoms. The quantitative estimate of drug-likeness (QED) is 0.0272. The van der Waals surface area contributed by atoms with Crippen LogP contribution in [0.5, 0.6) is 0 Å². The Hall–Kier alpha value is 20.7. The monoisotopic (exact) mass is 2260 g/mol. The summed E-state index contributed by atoms with van der Waals surface area (Å²) in [5.41, 5.74) is 1.11. The minimum Gasteiger partial charge on any atom is -0.384 e. The average Bonchev–Trinajstić information content (AvgIpc) is 3.90. The molecular formula is C11H18N2O4S63. The molecule has 0 N–H and O–H groups in total. The molecular weight excluding hydrogens is 2240 g/mol. The van der Waals surface area contributed by atoms with Crippen molar-refractivity contribution in [3.05, 3.63) is 11.6 Å². The summed E-state index contributed by atoms with van der Waals surface area (Å²) >= 11 is 15.3. The van der Waals surface area contributed by atoms with Crippen LogP contribution >= 0.6 is 591 Å². The number of thiol groups is 1. The van der Waals surface area contributed by atoms with Gasteiger partial charge in [0.2, 0.25) is 0 Å². The summed E-state index contributed by atoms with van der Waals surface area (Å²) in [6.07, 6.45) is 2.81. The molecule has 0 unspecified atom stereocenters. The molecule has 474 valence electrons. The van der Waals surface area contributed by atoms with E-state index in [-0.39, 0.29) is 18.1 Å². The Morgan fingerprint density at radius 1 is 0.425 bits per heavy atom. The number of rotatable bonds is 66. The normalized spacial score (nSPS) is 15.5. The maximum atomic E-state index is 13.2. The lowest BCUT2D eigenvalue weighted by Gasteiger charge is -2.31. The van der Waals surface area contributed by atoms with Gasteiger partial charge in [-0.15, -0.1) is 0 Å². The van der Waals surface area contributed by atoms with E-state index in [2.05, 4.69) is 17.7 Å². The fraction of sp³-hybridized carbons (Fsp3) is 0.727. The van der Waals surface area contributed by atoms with Crippen LogP contribution in [0.3, 0.4) is 0 Å². The molecule has 0 radical (unpaired) electrons. The van der Waals surface area contributed by atoms with E-state index in [4.69, 9.17) is 36.1 Å². The van der Waals surface area contributed by atoms with Crippen molar-refractivity contribution in [2.24, 2.45) is 0 Å². The standard InChI is InChI=1S/C11H18N2O4S63/c1-15-4-3-8-5-9-6-12(10(8)7-16-2)11(14)13(9)17-80(19,20)79-78-77-76-75-74-73-72-71-70-69-68-67-66-65-64-63-62-61-60-59-58-57-56-55-54-53-52-51-50-49-48-47-46-45-44-43-42-41-40-39-38-37-36-35-34-33-32-31-30-29-28-27-26-25-24-23-22-21-18/h5,9-10,18H,3-4,6-7H2,1-2H3/t9-,10+/m0/s1. The van der Waals surface area contributed by atoms with Crippen LogP contribution in [-0.4, -0.2) is 62.1 Å². The molecule has 1 saturated heterocycles. The molecule has 69 heteroatoms. The minimum atomic E-state index is -2.39. The first-order chi connectivity index (χ1) is 39.4. The van der Waals surface area contributed by atoms with Gasteiger partial charge in [0.15, 0.2) is 0 Å². The number of hydrogen-bond acceptors (Lipinski definition) is 66. The topological polar surface area (TPSA) is 51.2 Å². The first-order valence-electron chi connectivity index (χ1n) is 16.2. The van der Waals surface area contributed by atoms with Crippen LogP contribution in [0.2, 0.25) is 0 Å². The lowest BCUT2D eigenvalue weighted by atomic mass is 9.97. The predicted molar refractivity (Wildman–Crippen MR) is 538 cm³/mol. The number of fused-ring (bicyclic) bond motifs is 2. The predicted octanol–water partition coefficient (Wildman–Crippen LogP) is 39.1. The largest absolute Gasteiger partial charge is 0.384 e. The maximum absolute atomic E-state index is 13.2. The highest BCUT2D eigenvalue weighted by Crippen LogP contribution is 2.70. The zero-order valence-electron chi connectivity index (χ0n) is 35.8. The fourth-order valence-electron chi connectivity index (χ4n) is 3.27. The van der Waals surface area contributed by atoms with Crippen molar-refractivity contribution >= 4 is 626 Å². The van der Waals surface area contributed by atoms with Crippen LogP contribution in [0.25, 0.3) is 0 Å². The van der Waals surface area contributed by atoms with Crippen LogP contribution in [-0.2, 0) is 42.6 Å². The minimum absolute atomic E-state index is 0.140. The van der Waals surface area contributed by atoms with Crippen LogP contribution in [0.1, 0.15) is 6.42 Å². The Bertz CT molecular complexity index is 1490. The molecule has 0 aromatic heterocycles. The van der Waals surface area contributed by atoms with Gasteiger partial charge in [-0.05, 0) is 113 Å². The lowest BCUT2D eigenvalue weighted by Crippen LogP contribution is -2.43. The van der Waals surface area contributed by atoms with Crippen molar-refractivity contribution in [3.63, 3.8) is 0 Å². The van der Waals surface area contributed by atoms with E-state index in [9.17, 15) is 4.79 Å². The Morgan fingerprint density at radius 2 is 0.675 bits per heavy atom. The molecule has 1 fully saturated rings. The van der Waals surface area contributed by atoms with E-state index in [1.807, 2.05) is 364 Å². The highest BCUT2D eigenvalue weighted by molar-refractivity contribution is 9.64. The van der Waals surface area contributed by atoms with Gasteiger partial charge in [-0.3, -0.25) is 0 Å². The van der Waals surface area contributed by atoms with Crippen molar-refractivity contribution in [2.75, 3.05) is 34.0 Å². The van der Waals surface area contributed by atoms with Crippen molar-refractivity contribution in [3.8, 4) is 0 Å². The highest BCUT2D eigenvalue weighted by Gasteiger charge is 2.46. The summed E-state index contributed by atoms with van der Waals surface area (Å²) in [6.45, 7) is -0.862. The first kappa shape index (κ1) is 96.8. The summed E-state index contributed by atoms with van der Waals surface area (Å²) in [5, 5.41) is 1.38. The molecule has 0 aromatic carbocycles. The molecule has 0 aliphatic carbocycles. The molecule has 0 spiro atoms. The number of nitrogens with zero attached hydrogens (tertiary/aromatic N) is 2. The molecule has 2 rings (SSSR count). The number of hydrogen-bond donors (Lipinski definition) is 1. The van der Waals surface area contributed by atoms with Gasteiger partial charge in [0, 0.05) is 528 Å². The Labute approximate surface area is 701 Å². The summed E-state index contributed by atoms with van der Waals surface area (Å²) in [5.74, 6) is 0. The molecule has 2 aliphatic heterocycles. The molecule has 0 saturated carbocycles. The maximum Gasteiger partial charge on any atom is 0.346 e. The van der Waals surface area contributed by atoms with E-state index >= 15 is 0 Å². The zero-order valence-corrected chi connectivity index (χ0v) is 87.4. The number of methoxy groups -OCH3 is 2. The second-order valence-electron chi connectivity index (χ2n) is 8.79. The Morgan fingerprint density at radius 3 is 0.912 bits per heavy atom. The molecule has 6 nitrogen and oxygen atoms in total. The summed E-state index contributed by atoms with van der Waals surface area (Å²) in [6, 6.07) is -0.577. The van der Waals surface area contributed by atoms with Gasteiger partial charge >= 0.3 is 6.03 Å². The molecule has 2 atom stereocenters. The molecule has 2 amide bonds. The number of urea groups is 1. The first-order valence-corrected chi connectivity index (χ1v) is 99.3. The lowest BCUT2D eigenvalue weighted by molar-refractivity contribution is 0.00664. The van der Waals surface area contributed by atoms with E-state index in [0.717, 1.165) is 12.0 Å². The molecule has 2 heterocycles. The fourth-order valence-corrected chi connectivity index (χ4v) is 168. The Balaban J connectivity index is 1.16. The average molecular weight is 2260 g/mol. The molecule has 0 aromatic rings. The third-order valence-corrected chi connectivity index (χ3v) is 140. The number of carbonyl (C=O) groups is 1. The second kappa shape index (κ2) is 77.8. The van der Waals surface area contributed by atoms with Crippen molar-refractivity contribution < 1.29 is 18.6 Å². The van der Waals surface area contributed by atoms with Gasteiger partial charge in [0.1, 0.15) is 6.46 Å². The molecule has 2 aliphatic rings. The van der Waals surface area contributed by atoms with E-state index in [1.165, 1.54) is 34.5 Å². The smallest absolute Gasteiger partial charge is 0.346 e. The van der Waals surface area contributed by atoms with Gasteiger partial charge in [-0.1, -0.05) is 17.7 Å². The van der Waals surface area contributed by atoms with Crippen molar-refractivity contribution in [1.29, 1.82) is 0 Å². The van der Waals surface area contributed by atoms with Crippen molar-refractivity contribution in [1.82, 2.24) is 9.96 Å². The Kier molecular flexibility index (Phi) is 94.1. The highest BCUT2D eigenvalue weighted by atomic mass is 34.1. The number of amides is 2. The summed E-state index contributed by atoms with van der Waals surface area (Å²) in [7, 11) is 108. The van der Waals surface area contributed by atoms with Gasteiger partial charge in [0.05, 0.1) is 18.7 Å². The van der Waals surface area contributed by atoms with Gasteiger partial charge in [-0.2, -0.15) is 9.35 Å². The SMILES string of the molecule is COCCC1=C[C@H]2CN(C(=O)N2OS(=S)(=S)SSSSSSSSSSSSSSSSSSSSSSSSSSSSSSSSSSSSSSSSSSSSSSSSSSSSSSSSSSSS)[C@@H]1COC. The van der Waals surface area contributed by atoms with Crippen LogP contribution in [0.4, 0.5) is 4.79 Å². The molecule has 80 heavy (non-hydrogen) atoms. The van der Waals surface area contributed by atoms with E-state index in [0.29, 0.717) is 19.8 Å². The van der Waals surface area contributed by atoms with Crippen LogP contribution < -0.4 is 0 Å². The van der Waals surface area contributed by atoms with Gasteiger partial charge < -0.3 is 14.4 Å². The van der Waals surface area contributed by atoms with Gasteiger partial charge in [0.25, 0.3) is 0 Å². The van der Waals surface area contributed by atoms with E-state index in [1.54, 1.807) is 206 Å². The zero-order chi connectivity index (χ0) is 57.3. The number of carbonyl (C=O) groups excluding carboxylic acids is 1. The van der Waals surface area contributed by atoms with Crippen LogP contribution in [0, 0.1) is 0 Å². The van der Waals surface area contributed by atoms with E-state index < -0.39 is 6.46 Å². The van der Waals surface area contributed by atoms with Crippen LogP contribution in [0.15, 0.2) is 11.6 Å². The van der Waals surface area contributed by atoms with Gasteiger partial charge in [-0.25, -0.2) is 4.79 Å². The summed E-state index contributed by atoms with van der Waals surface area (Å²) in [4.78, 5) is 15.0. The third-order valence-electron chi connectivity index (χ3n) is 5.12. The van der Waals surface area contributed by atoms with Crippen molar-refractivity contribution in [2.45, 2.75) is 18.5 Å². The summed E-state index contributed by atoms with van der Waals surface area (Å²) < 4.78 is 16.7. The third kappa shape index (κ3) is 63.6. The number of ether oxygens (including phenoxy) is 2. The second-order valence-corrected chi connectivity index (χ2v) is 120.